The molecule has 3 aromatic rings. The van der Waals surface area contributed by atoms with Crippen LogP contribution in [-0.2, 0) is 13.6 Å². The number of fused-ring (bicyclic) bond motifs is 1. The Kier molecular flexibility index (Phi) is 4.79. The van der Waals surface area contributed by atoms with Crippen molar-refractivity contribution in [3.8, 4) is 0 Å². The van der Waals surface area contributed by atoms with Crippen molar-refractivity contribution in [2.45, 2.75) is 6.54 Å². The van der Waals surface area contributed by atoms with Gasteiger partial charge in [0.05, 0.1) is 5.52 Å². The quantitative estimate of drug-likeness (QED) is 0.750. The van der Waals surface area contributed by atoms with Crippen molar-refractivity contribution in [1.29, 1.82) is 0 Å². The largest absolute Gasteiger partial charge is 0.350 e. The third-order valence-electron chi connectivity index (χ3n) is 3.85. The number of amides is 1. The average molecular weight is 379 g/mol. The minimum Gasteiger partial charge on any atom is -0.350 e. The third kappa shape index (κ3) is 3.52. The van der Waals surface area contributed by atoms with Gasteiger partial charge in [0.25, 0.3) is 5.91 Å². The van der Waals surface area contributed by atoms with Gasteiger partial charge in [-0.25, -0.2) is 4.39 Å². The van der Waals surface area contributed by atoms with Crippen molar-refractivity contribution >= 4 is 40.0 Å². The summed E-state index contributed by atoms with van der Waals surface area (Å²) in [5.41, 5.74) is 0.629. The van der Waals surface area contributed by atoms with Crippen LogP contribution in [-0.4, -0.2) is 10.5 Å². The number of halogens is 3. The van der Waals surface area contributed by atoms with Crippen molar-refractivity contribution in [3.63, 3.8) is 0 Å². The minimum absolute atomic E-state index is 0.0642. The summed E-state index contributed by atoms with van der Waals surface area (Å²) in [4.78, 5) is 24.9. The molecule has 1 N–H and O–H groups in total. The number of carbonyl (C=O) groups excluding carboxylic acids is 1. The minimum atomic E-state index is -0.558. The number of carbonyl (C=O) groups is 1. The van der Waals surface area contributed by atoms with Crippen molar-refractivity contribution in [2.24, 2.45) is 7.05 Å². The number of aryl methyl sites for hydroxylation is 1. The molecule has 0 aliphatic rings. The van der Waals surface area contributed by atoms with E-state index in [9.17, 15) is 14.0 Å². The molecule has 0 bridgehead atoms. The highest BCUT2D eigenvalue weighted by molar-refractivity contribution is 6.35. The Morgan fingerprint density at radius 3 is 2.68 bits per heavy atom. The maximum Gasteiger partial charge on any atom is 0.257 e. The summed E-state index contributed by atoms with van der Waals surface area (Å²) in [5.74, 6) is -1.09. The summed E-state index contributed by atoms with van der Waals surface area (Å²) in [7, 11) is 1.69. The lowest BCUT2D eigenvalue weighted by Crippen LogP contribution is -2.29. The summed E-state index contributed by atoms with van der Waals surface area (Å²) in [5, 5.41) is 3.71. The molecule has 0 aliphatic heterocycles. The van der Waals surface area contributed by atoms with Gasteiger partial charge in [-0.05, 0) is 35.9 Å². The number of aromatic nitrogens is 1. The Balaban J connectivity index is 1.92. The number of nitrogens with one attached hydrogen (secondary N) is 1. The second kappa shape index (κ2) is 6.86. The van der Waals surface area contributed by atoms with E-state index in [-0.39, 0.29) is 17.5 Å². The van der Waals surface area contributed by atoms with Gasteiger partial charge in [0.15, 0.2) is 0 Å². The molecule has 25 heavy (non-hydrogen) atoms. The van der Waals surface area contributed by atoms with E-state index < -0.39 is 17.2 Å². The average Bonchev–Trinajstić information content (AvgIpc) is 2.57. The predicted molar refractivity (Wildman–Crippen MR) is 96.8 cm³/mol. The van der Waals surface area contributed by atoms with Crippen LogP contribution in [0.5, 0.6) is 0 Å². The molecule has 1 heterocycles. The van der Waals surface area contributed by atoms with E-state index in [0.717, 1.165) is 6.07 Å². The molecule has 0 radical (unpaired) electrons. The van der Waals surface area contributed by atoms with Crippen LogP contribution < -0.4 is 10.7 Å². The zero-order valence-corrected chi connectivity index (χ0v) is 14.7. The van der Waals surface area contributed by atoms with Gasteiger partial charge in [-0.15, -0.1) is 0 Å². The molecule has 0 saturated heterocycles. The number of nitrogens with zero attached hydrogens (tertiary/aromatic N) is 1. The molecule has 0 fully saturated rings. The Morgan fingerprint density at radius 2 is 1.96 bits per heavy atom. The Labute approximate surface area is 152 Å². The maximum absolute atomic E-state index is 13.5. The molecule has 2 aromatic carbocycles. The molecule has 0 aliphatic carbocycles. The molecule has 0 atom stereocenters. The molecular formula is C18H13Cl2FN2O2. The van der Waals surface area contributed by atoms with Gasteiger partial charge >= 0.3 is 0 Å². The fourth-order valence-electron chi connectivity index (χ4n) is 2.56. The SMILES string of the molecule is Cn1cc(C(=O)NCc2ccc(Cl)cc2Cl)c(=O)c2cc(F)ccc21. The second-order valence-corrected chi connectivity index (χ2v) is 6.41. The normalized spacial score (nSPS) is 10.9. The summed E-state index contributed by atoms with van der Waals surface area (Å²) < 4.78 is 15.1. The molecule has 0 spiro atoms. The first kappa shape index (κ1) is 17.5. The molecule has 7 heteroatoms. The van der Waals surface area contributed by atoms with E-state index in [1.807, 2.05) is 0 Å². The first-order valence-corrected chi connectivity index (χ1v) is 8.13. The van der Waals surface area contributed by atoms with Crippen LogP contribution in [0.15, 0.2) is 47.4 Å². The van der Waals surface area contributed by atoms with Gasteiger partial charge in [-0.1, -0.05) is 29.3 Å². The summed E-state index contributed by atoms with van der Waals surface area (Å²) in [6.07, 6.45) is 1.43. The van der Waals surface area contributed by atoms with Gasteiger partial charge in [-0.2, -0.15) is 0 Å². The predicted octanol–water partition coefficient (Wildman–Crippen LogP) is 3.91. The standard InChI is InChI=1S/C18H13Cl2FN2O2/c1-23-9-14(17(24)13-7-12(21)4-5-16(13)23)18(25)22-8-10-2-3-11(19)6-15(10)20/h2-7,9H,8H2,1H3,(H,22,25). The van der Waals surface area contributed by atoms with E-state index in [1.54, 1.807) is 29.8 Å². The fraction of sp³-hybridized carbons (Fsp3) is 0.111. The Bertz CT molecular complexity index is 1050. The van der Waals surface area contributed by atoms with Crippen LogP contribution in [0.25, 0.3) is 10.9 Å². The van der Waals surface area contributed by atoms with E-state index in [0.29, 0.717) is 21.1 Å². The zero-order chi connectivity index (χ0) is 18.1. The molecule has 1 aromatic heterocycles. The highest BCUT2D eigenvalue weighted by Gasteiger charge is 2.15. The highest BCUT2D eigenvalue weighted by Crippen LogP contribution is 2.21. The molecule has 4 nitrogen and oxygen atoms in total. The Morgan fingerprint density at radius 1 is 1.20 bits per heavy atom. The van der Waals surface area contributed by atoms with E-state index in [4.69, 9.17) is 23.2 Å². The summed E-state index contributed by atoms with van der Waals surface area (Å²) in [6.45, 7) is 0.138. The van der Waals surface area contributed by atoms with E-state index >= 15 is 0 Å². The zero-order valence-electron chi connectivity index (χ0n) is 13.1. The monoisotopic (exact) mass is 378 g/mol. The van der Waals surface area contributed by atoms with Gasteiger partial charge in [0.2, 0.25) is 5.43 Å². The van der Waals surface area contributed by atoms with Crippen molar-refractivity contribution in [1.82, 2.24) is 9.88 Å². The van der Waals surface area contributed by atoms with Crippen LogP contribution in [0.3, 0.4) is 0 Å². The van der Waals surface area contributed by atoms with Crippen molar-refractivity contribution in [3.05, 3.63) is 79.8 Å². The third-order valence-corrected chi connectivity index (χ3v) is 4.44. The fourth-order valence-corrected chi connectivity index (χ4v) is 3.04. The summed E-state index contributed by atoms with van der Waals surface area (Å²) >= 11 is 11.9. The number of rotatable bonds is 3. The van der Waals surface area contributed by atoms with E-state index in [2.05, 4.69) is 5.32 Å². The molecule has 0 saturated carbocycles. The van der Waals surface area contributed by atoms with Gasteiger partial charge in [-0.3, -0.25) is 9.59 Å². The van der Waals surface area contributed by atoms with Crippen molar-refractivity contribution in [2.75, 3.05) is 0 Å². The highest BCUT2D eigenvalue weighted by atomic mass is 35.5. The molecular weight excluding hydrogens is 366 g/mol. The number of hydrogen-bond acceptors (Lipinski definition) is 2. The lowest BCUT2D eigenvalue weighted by Gasteiger charge is -2.10. The molecule has 128 valence electrons. The lowest BCUT2D eigenvalue weighted by molar-refractivity contribution is 0.0949. The smallest absolute Gasteiger partial charge is 0.257 e. The van der Waals surface area contributed by atoms with Gasteiger partial charge < -0.3 is 9.88 Å². The maximum atomic E-state index is 13.5. The van der Waals surface area contributed by atoms with Crippen LogP contribution in [0.1, 0.15) is 15.9 Å². The van der Waals surface area contributed by atoms with Crippen LogP contribution >= 0.6 is 23.2 Å². The van der Waals surface area contributed by atoms with E-state index in [1.165, 1.54) is 18.3 Å². The summed E-state index contributed by atoms with van der Waals surface area (Å²) in [6, 6.07) is 8.82. The number of benzene rings is 2. The van der Waals surface area contributed by atoms with Crippen molar-refractivity contribution < 1.29 is 9.18 Å². The van der Waals surface area contributed by atoms with Crippen LogP contribution in [0, 0.1) is 5.82 Å². The topological polar surface area (TPSA) is 51.1 Å². The second-order valence-electron chi connectivity index (χ2n) is 5.56. The van der Waals surface area contributed by atoms with Crippen LogP contribution in [0.4, 0.5) is 4.39 Å². The molecule has 1 amide bonds. The number of pyridine rings is 1. The van der Waals surface area contributed by atoms with Gasteiger partial charge in [0.1, 0.15) is 11.4 Å². The molecule has 3 rings (SSSR count). The number of hydrogen-bond donors (Lipinski definition) is 1. The molecule has 0 unspecified atom stereocenters. The first-order chi connectivity index (χ1) is 11.9. The van der Waals surface area contributed by atoms with Crippen LogP contribution in [0.2, 0.25) is 10.0 Å². The Hall–Kier alpha value is -2.37. The van der Waals surface area contributed by atoms with Gasteiger partial charge in [0, 0.05) is 35.2 Å². The first-order valence-electron chi connectivity index (χ1n) is 7.38. The lowest BCUT2D eigenvalue weighted by atomic mass is 10.1.